The van der Waals surface area contributed by atoms with Gasteiger partial charge >= 0.3 is 12.0 Å². The van der Waals surface area contributed by atoms with Gasteiger partial charge in [-0.25, -0.2) is 9.59 Å². The minimum absolute atomic E-state index is 0.194. The maximum atomic E-state index is 12.9. The third-order valence-electron chi connectivity index (χ3n) is 4.52. The van der Waals surface area contributed by atoms with Gasteiger partial charge in [-0.2, -0.15) is 0 Å². The number of fused-ring (bicyclic) bond motifs is 1. The van der Waals surface area contributed by atoms with Crippen molar-refractivity contribution < 1.29 is 14.7 Å². The van der Waals surface area contributed by atoms with E-state index in [1.54, 1.807) is 29.2 Å². The number of carboxylic acids is 1. The molecular formula is C19H19Cl2N3O3. The third kappa shape index (κ3) is 4.12. The second-order valence-electron chi connectivity index (χ2n) is 6.22. The van der Waals surface area contributed by atoms with Crippen LogP contribution in [0.25, 0.3) is 0 Å². The lowest BCUT2D eigenvalue weighted by Gasteiger charge is -2.38. The van der Waals surface area contributed by atoms with E-state index in [0.29, 0.717) is 33.5 Å². The van der Waals surface area contributed by atoms with Crippen molar-refractivity contribution in [1.82, 2.24) is 4.90 Å². The van der Waals surface area contributed by atoms with Crippen LogP contribution in [-0.2, 0) is 4.79 Å². The highest BCUT2D eigenvalue weighted by molar-refractivity contribution is 6.35. The standard InChI is InChI=1S/C19H19Cl2N3O3/c1-2-24(19(27)22-12-6-4-3-5-7-12)16-10-15(18(25)26)23-14-9-11(20)8-13(21)17(14)16/h3-9,15-16,23H,2,10H2,1H3,(H,22,27)(H,25,26). The first-order valence-electron chi connectivity index (χ1n) is 8.51. The number of hydrogen-bond acceptors (Lipinski definition) is 3. The lowest BCUT2D eigenvalue weighted by molar-refractivity contribution is -0.138. The first-order valence-corrected chi connectivity index (χ1v) is 9.27. The summed E-state index contributed by atoms with van der Waals surface area (Å²) in [7, 11) is 0. The van der Waals surface area contributed by atoms with E-state index in [9.17, 15) is 14.7 Å². The summed E-state index contributed by atoms with van der Waals surface area (Å²) in [5, 5.41) is 16.1. The molecule has 3 N–H and O–H groups in total. The van der Waals surface area contributed by atoms with Crippen LogP contribution in [0, 0.1) is 0 Å². The van der Waals surface area contributed by atoms with Crippen LogP contribution in [0.1, 0.15) is 24.9 Å². The van der Waals surface area contributed by atoms with Gasteiger partial charge in [0.1, 0.15) is 6.04 Å². The fourth-order valence-electron chi connectivity index (χ4n) is 3.30. The van der Waals surface area contributed by atoms with Gasteiger partial charge < -0.3 is 20.6 Å². The lowest BCUT2D eigenvalue weighted by atomic mass is 9.91. The number of para-hydroxylation sites is 1. The molecule has 2 unspecified atom stereocenters. The molecule has 0 saturated carbocycles. The summed E-state index contributed by atoms with van der Waals surface area (Å²) in [6, 6.07) is 10.6. The molecular weight excluding hydrogens is 389 g/mol. The molecule has 0 aromatic heterocycles. The topological polar surface area (TPSA) is 81.7 Å². The molecule has 6 nitrogen and oxygen atoms in total. The Hall–Kier alpha value is -2.44. The molecule has 3 rings (SSSR count). The molecule has 2 aromatic carbocycles. The number of carbonyl (C=O) groups excluding carboxylic acids is 1. The molecule has 0 bridgehead atoms. The minimum atomic E-state index is -0.999. The van der Waals surface area contributed by atoms with Crippen molar-refractivity contribution in [2.24, 2.45) is 0 Å². The second-order valence-corrected chi connectivity index (χ2v) is 7.06. The number of carbonyl (C=O) groups is 2. The van der Waals surface area contributed by atoms with Gasteiger partial charge in [0.15, 0.2) is 0 Å². The van der Waals surface area contributed by atoms with E-state index in [1.807, 2.05) is 25.1 Å². The van der Waals surface area contributed by atoms with E-state index < -0.39 is 18.1 Å². The van der Waals surface area contributed by atoms with E-state index in [1.165, 1.54) is 0 Å². The molecule has 2 atom stereocenters. The van der Waals surface area contributed by atoms with Crippen molar-refractivity contribution in [3.63, 3.8) is 0 Å². The molecule has 2 aromatic rings. The van der Waals surface area contributed by atoms with Crippen molar-refractivity contribution in [1.29, 1.82) is 0 Å². The second kappa shape index (κ2) is 8.06. The van der Waals surface area contributed by atoms with Crippen molar-refractivity contribution in [3.8, 4) is 0 Å². The number of hydrogen-bond donors (Lipinski definition) is 3. The summed E-state index contributed by atoms with van der Waals surface area (Å²) in [6.07, 6.45) is 0.194. The molecule has 0 fully saturated rings. The Morgan fingerprint density at radius 3 is 2.59 bits per heavy atom. The van der Waals surface area contributed by atoms with Gasteiger partial charge in [-0.1, -0.05) is 41.4 Å². The SMILES string of the molecule is CCN(C(=O)Nc1ccccc1)C1CC(C(=O)O)Nc2cc(Cl)cc(Cl)c21. The number of carboxylic acid groups (broad SMARTS) is 1. The quantitative estimate of drug-likeness (QED) is 0.675. The van der Waals surface area contributed by atoms with Crippen LogP contribution in [0.4, 0.5) is 16.2 Å². The Kier molecular flexibility index (Phi) is 5.77. The monoisotopic (exact) mass is 407 g/mol. The summed E-state index contributed by atoms with van der Waals surface area (Å²) < 4.78 is 0. The van der Waals surface area contributed by atoms with Gasteiger partial charge in [0.05, 0.1) is 6.04 Å². The van der Waals surface area contributed by atoms with Crippen molar-refractivity contribution >= 4 is 46.6 Å². The van der Waals surface area contributed by atoms with E-state index in [0.717, 1.165) is 0 Å². The molecule has 2 amide bonds. The van der Waals surface area contributed by atoms with Crippen LogP contribution in [0.2, 0.25) is 10.0 Å². The minimum Gasteiger partial charge on any atom is -0.480 e. The summed E-state index contributed by atoms with van der Waals surface area (Å²) in [5.74, 6) is -0.999. The number of nitrogens with one attached hydrogen (secondary N) is 2. The summed E-state index contributed by atoms with van der Waals surface area (Å²) in [6.45, 7) is 2.22. The maximum Gasteiger partial charge on any atom is 0.326 e. The number of urea groups is 1. The first-order chi connectivity index (χ1) is 12.9. The van der Waals surface area contributed by atoms with Gasteiger partial charge in [-0.05, 0) is 31.2 Å². The Morgan fingerprint density at radius 2 is 1.96 bits per heavy atom. The maximum absolute atomic E-state index is 12.9. The Bertz CT molecular complexity index is 861. The van der Waals surface area contributed by atoms with E-state index in [4.69, 9.17) is 23.2 Å². The van der Waals surface area contributed by atoms with Gasteiger partial charge in [-0.3, -0.25) is 0 Å². The van der Waals surface area contributed by atoms with Crippen LogP contribution >= 0.6 is 23.2 Å². The zero-order valence-corrected chi connectivity index (χ0v) is 16.1. The largest absolute Gasteiger partial charge is 0.480 e. The molecule has 0 radical (unpaired) electrons. The number of benzene rings is 2. The van der Waals surface area contributed by atoms with Gasteiger partial charge in [0.25, 0.3) is 0 Å². The molecule has 142 valence electrons. The number of halogens is 2. The number of rotatable bonds is 4. The van der Waals surface area contributed by atoms with Gasteiger partial charge in [-0.15, -0.1) is 0 Å². The van der Waals surface area contributed by atoms with Crippen molar-refractivity contribution in [2.45, 2.75) is 25.4 Å². The molecule has 1 aliphatic heterocycles. The predicted octanol–water partition coefficient (Wildman–Crippen LogP) is 4.86. The summed E-state index contributed by atoms with van der Waals surface area (Å²) in [5.41, 5.74) is 1.86. The zero-order chi connectivity index (χ0) is 19.6. The number of nitrogens with zero attached hydrogens (tertiary/aromatic N) is 1. The Labute approximate surface area is 167 Å². The van der Waals surface area contributed by atoms with E-state index in [-0.39, 0.29) is 12.5 Å². The molecule has 8 heteroatoms. The van der Waals surface area contributed by atoms with Crippen molar-refractivity contribution in [3.05, 3.63) is 58.1 Å². The number of amides is 2. The van der Waals surface area contributed by atoms with Crippen LogP contribution in [0.3, 0.4) is 0 Å². The van der Waals surface area contributed by atoms with Gasteiger partial charge in [0, 0.05) is 39.9 Å². The molecule has 0 spiro atoms. The smallest absolute Gasteiger partial charge is 0.326 e. The highest BCUT2D eigenvalue weighted by Gasteiger charge is 2.37. The van der Waals surface area contributed by atoms with Crippen LogP contribution in [0.5, 0.6) is 0 Å². The van der Waals surface area contributed by atoms with Crippen molar-refractivity contribution in [2.75, 3.05) is 17.2 Å². The third-order valence-corrected chi connectivity index (χ3v) is 5.05. The molecule has 0 saturated heterocycles. The van der Waals surface area contributed by atoms with E-state index >= 15 is 0 Å². The fourth-order valence-corrected chi connectivity index (χ4v) is 3.92. The molecule has 1 aliphatic rings. The summed E-state index contributed by atoms with van der Waals surface area (Å²) in [4.78, 5) is 26.1. The lowest BCUT2D eigenvalue weighted by Crippen LogP contribution is -2.45. The predicted molar refractivity (Wildman–Crippen MR) is 107 cm³/mol. The normalized spacial score (nSPS) is 18.2. The van der Waals surface area contributed by atoms with Crippen LogP contribution in [-0.4, -0.2) is 34.6 Å². The molecule has 1 heterocycles. The zero-order valence-electron chi connectivity index (χ0n) is 14.6. The highest BCUT2D eigenvalue weighted by Crippen LogP contribution is 2.42. The van der Waals surface area contributed by atoms with Crippen LogP contribution < -0.4 is 10.6 Å². The highest BCUT2D eigenvalue weighted by atomic mass is 35.5. The number of anilines is 2. The summed E-state index contributed by atoms with van der Waals surface area (Å²) >= 11 is 12.5. The average molecular weight is 408 g/mol. The van der Waals surface area contributed by atoms with Gasteiger partial charge in [0.2, 0.25) is 0 Å². The first kappa shape index (κ1) is 19.3. The molecule has 27 heavy (non-hydrogen) atoms. The van der Waals surface area contributed by atoms with E-state index in [2.05, 4.69) is 10.6 Å². The Balaban J connectivity index is 1.97. The molecule has 0 aliphatic carbocycles. The van der Waals surface area contributed by atoms with Crippen LogP contribution in [0.15, 0.2) is 42.5 Å². The fraction of sp³-hybridized carbons (Fsp3) is 0.263. The number of aliphatic carboxylic acids is 1. The Morgan fingerprint density at radius 1 is 1.26 bits per heavy atom. The average Bonchev–Trinajstić information content (AvgIpc) is 2.62.